The minimum atomic E-state index is -0.586. The molecule has 0 aliphatic carbocycles. The SMILES string of the molecule is COc1cc(O)c(C(N)CO)cc1Br. The van der Waals surface area contributed by atoms with Gasteiger partial charge >= 0.3 is 0 Å². The van der Waals surface area contributed by atoms with Gasteiger partial charge in [0.05, 0.1) is 24.2 Å². The monoisotopic (exact) mass is 261 g/mol. The number of methoxy groups -OCH3 is 1. The van der Waals surface area contributed by atoms with Crippen LogP contribution in [-0.4, -0.2) is 23.9 Å². The number of nitrogens with two attached hydrogens (primary N) is 1. The molecule has 0 aromatic heterocycles. The summed E-state index contributed by atoms with van der Waals surface area (Å²) in [6.07, 6.45) is 0. The first-order valence-electron chi connectivity index (χ1n) is 4.03. The fraction of sp³-hybridized carbons (Fsp3) is 0.333. The van der Waals surface area contributed by atoms with Crippen molar-refractivity contribution in [2.75, 3.05) is 13.7 Å². The van der Waals surface area contributed by atoms with Gasteiger partial charge in [-0.2, -0.15) is 0 Å². The predicted molar refractivity (Wildman–Crippen MR) is 56.4 cm³/mol. The van der Waals surface area contributed by atoms with Crippen LogP contribution in [0, 0.1) is 0 Å². The fourth-order valence-electron chi connectivity index (χ4n) is 1.11. The standard InChI is InChI=1S/C9H12BrNO3/c1-14-9-3-8(13)5(2-6(9)10)7(11)4-12/h2-3,7,12-13H,4,11H2,1H3. The molecule has 1 rings (SSSR count). The smallest absolute Gasteiger partial charge is 0.136 e. The van der Waals surface area contributed by atoms with E-state index in [2.05, 4.69) is 15.9 Å². The molecule has 0 saturated carbocycles. The van der Waals surface area contributed by atoms with Crippen LogP contribution in [0.4, 0.5) is 0 Å². The Hall–Kier alpha value is -0.780. The Kier molecular flexibility index (Phi) is 3.74. The van der Waals surface area contributed by atoms with Gasteiger partial charge in [-0.25, -0.2) is 0 Å². The maximum absolute atomic E-state index is 9.56. The third-order valence-corrected chi connectivity index (χ3v) is 2.52. The van der Waals surface area contributed by atoms with E-state index in [4.69, 9.17) is 15.6 Å². The van der Waals surface area contributed by atoms with Gasteiger partial charge in [-0.3, -0.25) is 0 Å². The van der Waals surface area contributed by atoms with Gasteiger partial charge in [0.2, 0.25) is 0 Å². The van der Waals surface area contributed by atoms with E-state index < -0.39 is 6.04 Å². The summed E-state index contributed by atoms with van der Waals surface area (Å²) >= 11 is 3.27. The second-order valence-corrected chi connectivity index (χ2v) is 3.69. The lowest BCUT2D eigenvalue weighted by Crippen LogP contribution is -2.14. The second-order valence-electron chi connectivity index (χ2n) is 2.83. The number of phenolic OH excluding ortho intramolecular Hbond substituents is 1. The lowest BCUT2D eigenvalue weighted by Gasteiger charge is -2.13. The number of aliphatic hydroxyl groups is 1. The number of hydrogen-bond acceptors (Lipinski definition) is 4. The molecular weight excluding hydrogens is 250 g/mol. The van der Waals surface area contributed by atoms with E-state index in [1.165, 1.54) is 13.2 Å². The largest absolute Gasteiger partial charge is 0.507 e. The molecule has 4 N–H and O–H groups in total. The third kappa shape index (κ3) is 2.17. The zero-order valence-corrected chi connectivity index (χ0v) is 9.28. The zero-order chi connectivity index (χ0) is 10.7. The predicted octanol–water partition coefficient (Wildman–Crippen LogP) is 1.16. The summed E-state index contributed by atoms with van der Waals surface area (Å²) in [7, 11) is 1.51. The number of ether oxygens (including phenoxy) is 1. The highest BCUT2D eigenvalue weighted by molar-refractivity contribution is 9.10. The number of benzene rings is 1. The molecule has 14 heavy (non-hydrogen) atoms. The van der Waals surface area contributed by atoms with Crippen LogP contribution in [0.1, 0.15) is 11.6 Å². The lowest BCUT2D eigenvalue weighted by molar-refractivity contribution is 0.265. The molecule has 0 aliphatic heterocycles. The molecule has 1 atom stereocenters. The van der Waals surface area contributed by atoms with E-state index in [9.17, 15) is 5.11 Å². The van der Waals surface area contributed by atoms with E-state index >= 15 is 0 Å². The average molecular weight is 262 g/mol. The van der Waals surface area contributed by atoms with Gasteiger partial charge in [-0.15, -0.1) is 0 Å². The minimum absolute atomic E-state index is 0.0200. The maximum atomic E-state index is 9.56. The second kappa shape index (κ2) is 4.63. The van der Waals surface area contributed by atoms with Crippen molar-refractivity contribution in [3.05, 3.63) is 22.2 Å². The molecule has 0 heterocycles. The summed E-state index contributed by atoms with van der Waals surface area (Å²) in [5.74, 6) is 0.544. The molecule has 1 aromatic rings. The number of halogens is 1. The topological polar surface area (TPSA) is 75.7 Å². The van der Waals surface area contributed by atoms with Crippen LogP contribution < -0.4 is 10.5 Å². The van der Waals surface area contributed by atoms with Crippen LogP contribution in [-0.2, 0) is 0 Å². The Bertz CT molecular complexity index is 330. The molecule has 0 saturated heterocycles. The number of phenols is 1. The maximum Gasteiger partial charge on any atom is 0.136 e. The van der Waals surface area contributed by atoms with Gasteiger partial charge in [0.25, 0.3) is 0 Å². The van der Waals surface area contributed by atoms with Crippen LogP contribution in [0.2, 0.25) is 0 Å². The molecule has 0 spiro atoms. The van der Waals surface area contributed by atoms with Gasteiger partial charge in [-0.1, -0.05) is 0 Å². The van der Waals surface area contributed by atoms with E-state index in [-0.39, 0.29) is 12.4 Å². The van der Waals surface area contributed by atoms with Crippen molar-refractivity contribution in [2.24, 2.45) is 5.73 Å². The summed E-state index contributed by atoms with van der Waals surface area (Å²) in [5.41, 5.74) is 6.07. The summed E-state index contributed by atoms with van der Waals surface area (Å²) in [5, 5.41) is 18.4. The van der Waals surface area contributed by atoms with Gasteiger partial charge in [-0.05, 0) is 22.0 Å². The summed E-state index contributed by atoms with van der Waals surface area (Å²) in [6, 6.07) is 2.50. The summed E-state index contributed by atoms with van der Waals surface area (Å²) in [4.78, 5) is 0. The van der Waals surface area contributed by atoms with E-state index in [0.717, 1.165) is 0 Å². The molecule has 5 heteroatoms. The van der Waals surface area contributed by atoms with Crippen molar-refractivity contribution < 1.29 is 14.9 Å². The number of rotatable bonds is 3. The zero-order valence-electron chi connectivity index (χ0n) is 7.70. The van der Waals surface area contributed by atoms with Crippen LogP contribution >= 0.6 is 15.9 Å². The Balaban J connectivity index is 3.14. The molecule has 0 radical (unpaired) electrons. The molecule has 0 aliphatic rings. The molecule has 0 bridgehead atoms. The van der Waals surface area contributed by atoms with E-state index in [1.807, 2.05) is 0 Å². The highest BCUT2D eigenvalue weighted by Crippen LogP contribution is 2.34. The van der Waals surface area contributed by atoms with Gasteiger partial charge < -0.3 is 20.7 Å². The third-order valence-electron chi connectivity index (χ3n) is 1.90. The van der Waals surface area contributed by atoms with Crippen molar-refractivity contribution in [1.29, 1.82) is 0 Å². The molecule has 1 unspecified atom stereocenters. The normalized spacial score (nSPS) is 12.6. The van der Waals surface area contributed by atoms with Crippen molar-refractivity contribution in [3.8, 4) is 11.5 Å². The first-order chi connectivity index (χ1) is 6.60. The minimum Gasteiger partial charge on any atom is -0.507 e. The number of hydrogen-bond donors (Lipinski definition) is 3. The van der Waals surface area contributed by atoms with Crippen molar-refractivity contribution >= 4 is 15.9 Å². The Morgan fingerprint density at radius 3 is 2.71 bits per heavy atom. The lowest BCUT2D eigenvalue weighted by atomic mass is 10.1. The quantitative estimate of drug-likeness (QED) is 0.763. The van der Waals surface area contributed by atoms with E-state index in [0.29, 0.717) is 15.8 Å². The highest BCUT2D eigenvalue weighted by atomic mass is 79.9. The number of aromatic hydroxyl groups is 1. The molecule has 0 fully saturated rings. The molecule has 4 nitrogen and oxygen atoms in total. The summed E-state index contributed by atoms with van der Waals surface area (Å²) in [6.45, 7) is -0.216. The van der Waals surface area contributed by atoms with Crippen molar-refractivity contribution in [2.45, 2.75) is 6.04 Å². The van der Waals surface area contributed by atoms with Gasteiger partial charge in [0.15, 0.2) is 0 Å². The van der Waals surface area contributed by atoms with Crippen molar-refractivity contribution in [3.63, 3.8) is 0 Å². The highest BCUT2D eigenvalue weighted by Gasteiger charge is 2.13. The van der Waals surface area contributed by atoms with Crippen LogP contribution in [0.15, 0.2) is 16.6 Å². The fourth-order valence-corrected chi connectivity index (χ4v) is 1.63. The summed E-state index contributed by atoms with van der Waals surface area (Å²) < 4.78 is 5.68. The van der Waals surface area contributed by atoms with Gasteiger partial charge in [0.1, 0.15) is 11.5 Å². The Morgan fingerprint density at radius 2 is 2.21 bits per heavy atom. The van der Waals surface area contributed by atoms with Crippen molar-refractivity contribution in [1.82, 2.24) is 0 Å². The Labute approximate surface area is 90.4 Å². The van der Waals surface area contributed by atoms with Gasteiger partial charge in [0, 0.05) is 11.6 Å². The molecule has 0 amide bonds. The average Bonchev–Trinajstić information content (AvgIpc) is 2.19. The van der Waals surface area contributed by atoms with Crippen LogP contribution in [0.3, 0.4) is 0 Å². The van der Waals surface area contributed by atoms with E-state index in [1.54, 1.807) is 6.07 Å². The molecular formula is C9H12BrNO3. The van der Waals surface area contributed by atoms with Crippen LogP contribution in [0.25, 0.3) is 0 Å². The number of aliphatic hydroxyl groups excluding tert-OH is 1. The molecule has 78 valence electrons. The first kappa shape index (κ1) is 11.3. The van der Waals surface area contributed by atoms with Crippen LogP contribution in [0.5, 0.6) is 11.5 Å². The molecule has 1 aromatic carbocycles. The Morgan fingerprint density at radius 1 is 1.57 bits per heavy atom. The first-order valence-corrected chi connectivity index (χ1v) is 4.82.